The number of benzene rings is 1. The number of carbonyl (C=O) groups is 2. The number of hydrogen-bond acceptors (Lipinski definition) is 4. The minimum atomic E-state index is -0.963. The Bertz CT molecular complexity index is 562. The van der Waals surface area contributed by atoms with Crippen LogP contribution in [0.5, 0.6) is 5.75 Å². The molecule has 24 heavy (non-hydrogen) atoms. The Labute approximate surface area is 142 Å². The van der Waals surface area contributed by atoms with Crippen LogP contribution in [0.15, 0.2) is 24.3 Å². The summed E-state index contributed by atoms with van der Waals surface area (Å²) >= 11 is 0. The van der Waals surface area contributed by atoms with Gasteiger partial charge in [0.2, 0.25) is 5.91 Å². The van der Waals surface area contributed by atoms with Crippen LogP contribution in [-0.2, 0) is 16.1 Å². The van der Waals surface area contributed by atoms with E-state index in [0.29, 0.717) is 26.2 Å². The zero-order valence-electron chi connectivity index (χ0n) is 14.2. The van der Waals surface area contributed by atoms with Crippen molar-refractivity contribution in [3.05, 3.63) is 29.8 Å². The molecule has 1 aromatic carbocycles. The van der Waals surface area contributed by atoms with Gasteiger partial charge in [-0.05, 0) is 24.1 Å². The van der Waals surface area contributed by atoms with Crippen LogP contribution < -0.4 is 10.1 Å². The molecule has 2 N–H and O–H groups in total. The number of rotatable bonds is 9. The van der Waals surface area contributed by atoms with Crippen LogP contribution >= 0.6 is 0 Å². The zero-order chi connectivity index (χ0) is 17.4. The van der Waals surface area contributed by atoms with Crippen molar-refractivity contribution >= 4 is 11.9 Å². The lowest BCUT2D eigenvalue weighted by Crippen LogP contribution is -2.55. The minimum absolute atomic E-state index is 0.182. The molecule has 0 aliphatic carbocycles. The van der Waals surface area contributed by atoms with E-state index in [0.717, 1.165) is 30.6 Å². The van der Waals surface area contributed by atoms with Crippen LogP contribution in [-0.4, -0.2) is 47.6 Å². The third kappa shape index (κ3) is 5.53. The van der Waals surface area contributed by atoms with Crippen molar-refractivity contribution in [1.29, 1.82) is 0 Å². The second-order valence-electron chi connectivity index (χ2n) is 6.08. The van der Waals surface area contributed by atoms with E-state index in [1.807, 2.05) is 29.2 Å². The van der Waals surface area contributed by atoms with Gasteiger partial charge in [-0.15, -0.1) is 0 Å². The van der Waals surface area contributed by atoms with Crippen LogP contribution in [0.1, 0.15) is 38.2 Å². The van der Waals surface area contributed by atoms with E-state index in [-0.39, 0.29) is 12.3 Å². The normalized spacial score (nSPS) is 18.2. The van der Waals surface area contributed by atoms with Crippen molar-refractivity contribution < 1.29 is 19.4 Å². The molecule has 6 heteroatoms. The molecule has 2 rings (SSSR count). The average Bonchev–Trinajstić information content (AvgIpc) is 2.55. The lowest BCUT2D eigenvalue weighted by molar-refractivity contribution is -0.143. The molecule has 1 aliphatic heterocycles. The molecular formula is C18H26N2O4. The molecule has 1 heterocycles. The third-order valence-electron chi connectivity index (χ3n) is 4.11. The van der Waals surface area contributed by atoms with Crippen molar-refractivity contribution in [2.24, 2.45) is 0 Å². The Morgan fingerprint density at radius 2 is 2.25 bits per heavy atom. The van der Waals surface area contributed by atoms with Gasteiger partial charge in [-0.1, -0.05) is 31.9 Å². The first-order valence-electron chi connectivity index (χ1n) is 8.55. The van der Waals surface area contributed by atoms with Crippen molar-refractivity contribution in [2.75, 3.05) is 19.7 Å². The summed E-state index contributed by atoms with van der Waals surface area (Å²) in [5, 5.41) is 11.8. The SMILES string of the molecule is CCCCCOc1cccc(CN2CCNC(=O)C2CC(=O)O)c1. The summed E-state index contributed by atoms with van der Waals surface area (Å²) < 4.78 is 5.76. The van der Waals surface area contributed by atoms with E-state index in [2.05, 4.69) is 12.2 Å². The lowest BCUT2D eigenvalue weighted by atomic mass is 10.1. The predicted molar refractivity (Wildman–Crippen MR) is 90.9 cm³/mol. The highest BCUT2D eigenvalue weighted by atomic mass is 16.5. The topological polar surface area (TPSA) is 78.9 Å². The van der Waals surface area contributed by atoms with E-state index in [1.165, 1.54) is 0 Å². The maximum atomic E-state index is 12.0. The molecule has 0 saturated carbocycles. The zero-order valence-corrected chi connectivity index (χ0v) is 14.2. The molecule has 1 aliphatic rings. The summed E-state index contributed by atoms with van der Waals surface area (Å²) in [7, 11) is 0. The molecule has 0 radical (unpaired) electrons. The summed E-state index contributed by atoms with van der Waals surface area (Å²) in [6.07, 6.45) is 3.16. The van der Waals surface area contributed by atoms with E-state index < -0.39 is 12.0 Å². The first-order chi connectivity index (χ1) is 11.6. The Balaban J connectivity index is 1.97. The molecule has 0 bridgehead atoms. The van der Waals surface area contributed by atoms with Crippen LogP contribution in [0.25, 0.3) is 0 Å². The minimum Gasteiger partial charge on any atom is -0.494 e. The second kappa shape index (κ2) is 9.27. The van der Waals surface area contributed by atoms with Crippen molar-refractivity contribution in [3.63, 3.8) is 0 Å². The van der Waals surface area contributed by atoms with E-state index in [9.17, 15) is 9.59 Å². The van der Waals surface area contributed by atoms with Crippen molar-refractivity contribution in [3.8, 4) is 5.75 Å². The Kier molecular flexibility index (Phi) is 7.06. The molecule has 1 amide bonds. The third-order valence-corrected chi connectivity index (χ3v) is 4.11. The van der Waals surface area contributed by atoms with Crippen LogP contribution in [0.2, 0.25) is 0 Å². The fourth-order valence-electron chi connectivity index (χ4n) is 2.85. The summed E-state index contributed by atoms with van der Waals surface area (Å²) in [6.45, 7) is 4.58. The predicted octanol–water partition coefficient (Wildman–Crippen LogP) is 2.03. The summed E-state index contributed by atoms with van der Waals surface area (Å²) in [5.74, 6) is -0.356. The monoisotopic (exact) mass is 334 g/mol. The summed E-state index contributed by atoms with van der Waals surface area (Å²) in [5.41, 5.74) is 1.02. The molecule has 0 aromatic heterocycles. The first kappa shape index (κ1) is 18.3. The van der Waals surface area contributed by atoms with Gasteiger partial charge in [0.05, 0.1) is 13.0 Å². The second-order valence-corrected chi connectivity index (χ2v) is 6.08. The summed E-state index contributed by atoms with van der Waals surface area (Å²) in [4.78, 5) is 24.9. The van der Waals surface area contributed by atoms with Gasteiger partial charge in [-0.2, -0.15) is 0 Å². The number of aliphatic carboxylic acids is 1. The number of carboxylic acid groups (broad SMARTS) is 1. The van der Waals surface area contributed by atoms with Gasteiger partial charge in [0.15, 0.2) is 0 Å². The molecule has 6 nitrogen and oxygen atoms in total. The van der Waals surface area contributed by atoms with Gasteiger partial charge in [-0.25, -0.2) is 0 Å². The van der Waals surface area contributed by atoms with E-state index >= 15 is 0 Å². The van der Waals surface area contributed by atoms with Crippen molar-refractivity contribution in [1.82, 2.24) is 10.2 Å². The number of nitrogens with one attached hydrogen (secondary N) is 1. The maximum Gasteiger partial charge on any atom is 0.305 e. The molecule has 1 saturated heterocycles. The number of unbranched alkanes of at least 4 members (excludes halogenated alkanes) is 2. The number of amides is 1. The van der Waals surface area contributed by atoms with Gasteiger partial charge >= 0.3 is 5.97 Å². The van der Waals surface area contributed by atoms with Crippen molar-refractivity contribution in [2.45, 2.75) is 45.2 Å². The number of carboxylic acids is 1. The Morgan fingerprint density at radius 3 is 3.00 bits per heavy atom. The Hall–Kier alpha value is -2.08. The molecular weight excluding hydrogens is 308 g/mol. The number of nitrogens with zero attached hydrogens (tertiary/aromatic N) is 1. The molecule has 1 unspecified atom stereocenters. The number of carbonyl (C=O) groups excluding carboxylic acids is 1. The van der Waals surface area contributed by atoms with Crippen LogP contribution in [0.4, 0.5) is 0 Å². The molecule has 132 valence electrons. The van der Waals surface area contributed by atoms with Crippen LogP contribution in [0, 0.1) is 0 Å². The number of piperazine rings is 1. The highest BCUT2D eigenvalue weighted by Crippen LogP contribution is 2.18. The van der Waals surface area contributed by atoms with Crippen LogP contribution in [0.3, 0.4) is 0 Å². The van der Waals surface area contributed by atoms with Gasteiger partial charge in [0.25, 0.3) is 0 Å². The molecule has 1 aromatic rings. The number of hydrogen-bond donors (Lipinski definition) is 2. The largest absolute Gasteiger partial charge is 0.494 e. The van der Waals surface area contributed by atoms with Gasteiger partial charge in [0.1, 0.15) is 11.8 Å². The quantitative estimate of drug-likeness (QED) is 0.676. The van der Waals surface area contributed by atoms with E-state index in [1.54, 1.807) is 0 Å². The Morgan fingerprint density at radius 1 is 1.42 bits per heavy atom. The van der Waals surface area contributed by atoms with Gasteiger partial charge in [0, 0.05) is 19.6 Å². The lowest BCUT2D eigenvalue weighted by Gasteiger charge is -2.34. The smallest absolute Gasteiger partial charge is 0.305 e. The number of ether oxygens (including phenoxy) is 1. The highest BCUT2D eigenvalue weighted by Gasteiger charge is 2.31. The molecule has 1 atom stereocenters. The van der Waals surface area contributed by atoms with E-state index in [4.69, 9.17) is 9.84 Å². The molecule has 1 fully saturated rings. The molecule has 0 spiro atoms. The average molecular weight is 334 g/mol. The highest BCUT2D eigenvalue weighted by molar-refractivity contribution is 5.86. The first-order valence-corrected chi connectivity index (χ1v) is 8.55. The fourth-order valence-corrected chi connectivity index (χ4v) is 2.85. The fraction of sp³-hybridized carbons (Fsp3) is 0.556. The maximum absolute atomic E-state index is 12.0. The van der Waals surface area contributed by atoms with Gasteiger partial charge in [-0.3, -0.25) is 14.5 Å². The standard InChI is InChI=1S/C18H26N2O4/c1-2-3-4-10-24-15-7-5-6-14(11-15)13-20-9-8-19-18(23)16(20)12-17(21)22/h5-7,11,16H,2-4,8-10,12-13H2,1H3,(H,19,23)(H,21,22). The summed E-state index contributed by atoms with van der Waals surface area (Å²) in [6, 6.07) is 7.18. The van der Waals surface area contributed by atoms with Gasteiger partial charge < -0.3 is 15.2 Å².